The van der Waals surface area contributed by atoms with Crippen LogP contribution in [-0.2, 0) is 10.3 Å². The van der Waals surface area contributed by atoms with Crippen LogP contribution in [-0.4, -0.2) is 37.6 Å². The molecule has 18 heavy (non-hydrogen) atoms. The van der Waals surface area contributed by atoms with Gasteiger partial charge >= 0.3 is 0 Å². The number of rotatable bonds is 2. The highest BCUT2D eigenvalue weighted by Gasteiger charge is 2.48. The number of nitrogens with zero attached hydrogens (tertiary/aromatic N) is 1. The van der Waals surface area contributed by atoms with Gasteiger partial charge in [0.1, 0.15) is 5.54 Å². The van der Waals surface area contributed by atoms with E-state index < -0.39 is 17.6 Å². The molecular formula is C13H17FN2O2. The first-order chi connectivity index (χ1) is 8.47. The van der Waals surface area contributed by atoms with Gasteiger partial charge in [-0.2, -0.15) is 0 Å². The number of quaternary nitrogens is 1. The maximum absolute atomic E-state index is 13.8. The Morgan fingerprint density at radius 2 is 2.06 bits per heavy atom. The molecule has 0 saturated carbocycles. The molecule has 1 aliphatic heterocycles. The monoisotopic (exact) mass is 252 g/mol. The van der Waals surface area contributed by atoms with E-state index in [0.717, 1.165) is 5.56 Å². The maximum Gasteiger partial charge on any atom is 0.257 e. The lowest BCUT2D eigenvalue weighted by Gasteiger charge is -2.47. The molecule has 1 aromatic carbocycles. The van der Waals surface area contributed by atoms with Crippen LogP contribution >= 0.6 is 0 Å². The molecule has 1 aromatic rings. The average Bonchev–Trinajstić information content (AvgIpc) is 2.36. The lowest BCUT2D eigenvalue weighted by molar-refractivity contribution is -0.895. The van der Waals surface area contributed by atoms with Gasteiger partial charge in [0.15, 0.2) is 6.17 Å². The van der Waals surface area contributed by atoms with Crippen LogP contribution in [0.15, 0.2) is 30.3 Å². The molecule has 1 amide bonds. The first kappa shape index (κ1) is 13.0. The van der Waals surface area contributed by atoms with E-state index in [0.29, 0.717) is 0 Å². The number of benzene rings is 1. The maximum atomic E-state index is 13.8. The van der Waals surface area contributed by atoms with Crippen LogP contribution in [0.25, 0.3) is 0 Å². The van der Waals surface area contributed by atoms with Gasteiger partial charge in [-0.1, -0.05) is 30.3 Å². The van der Waals surface area contributed by atoms with Gasteiger partial charge in [0.05, 0.1) is 13.6 Å². The van der Waals surface area contributed by atoms with Crippen molar-refractivity contribution in [1.29, 1.82) is 0 Å². The second-order valence-electron chi connectivity index (χ2n) is 4.87. The van der Waals surface area contributed by atoms with Gasteiger partial charge in [-0.3, -0.25) is 4.79 Å². The number of likely N-dealkylation sites (tertiary alicyclic amines) is 1. The molecule has 4 nitrogen and oxygen atoms in total. The van der Waals surface area contributed by atoms with Crippen molar-refractivity contribution in [1.82, 2.24) is 4.90 Å². The van der Waals surface area contributed by atoms with Crippen molar-refractivity contribution < 1.29 is 14.2 Å². The Kier molecular flexibility index (Phi) is 3.36. The lowest BCUT2D eigenvalue weighted by atomic mass is 9.81. The molecule has 0 radical (unpaired) electrons. The van der Waals surface area contributed by atoms with Crippen molar-refractivity contribution in [2.75, 3.05) is 20.6 Å². The zero-order valence-electron chi connectivity index (χ0n) is 10.5. The molecule has 2 rings (SSSR count). The highest BCUT2D eigenvalue weighted by Crippen LogP contribution is 2.30. The first-order valence-electron chi connectivity index (χ1n) is 5.93. The van der Waals surface area contributed by atoms with Gasteiger partial charge in [0.25, 0.3) is 5.91 Å². The number of likely N-dealkylation sites (N-methyl/N-ethyl adjacent to an activating group) is 2. The molecule has 0 spiro atoms. The fourth-order valence-electron chi connectivity index (χ4n) is 2.60. The van der Waals surface area contributed by atoms with Crippen molar-refractivity contribution in [3.05, 3.63) is 41.1 Å². The first-order valence-corrected chi connectivity index (χ1v) is 5.93. The number of carbonyl (C=O) groups excluding carboxylic acids is 1. The summed E-state index contributed by atoms with van der Waals surface area (Å²) in [7, 11) is 3.00. The number of halogens is 1. The van der Waals surface area contributed by atoms with E-state index in [2.05, 4.69) is 0 Å². The molecule has 1 saturated heterocycles. The van der Waals surface area contributed by atoms with Crippen molar-refractivity contribution in [2.24, 2.45) is 0 Å². The summed E-state index contributed by atoms with van der Waals surface area (Å²) in [5.41, 5.74) is -0.136. The van der Waals surface area contributed by atoms with Gasteiger partial charge in [-0.05, 0) is 0 Å². The van der Waals surface area contributed by atoms with Gasteiger partial charge in [0.2, 0.25) is 0 Å². The summed E-state index contributed by atoms with van der Waals surface area (Å²) in [6, 6.07) is 9.13. The molecule has 98 valence electrons. The zero-order chi connectivity index (χ0) is 13.3. The topological polar surface area (TPSA) is 47.8 Å². The van der Waals surface area contributed by atoms with E-state index in [1.54, 1.807) is 0 Å². The molecule has 3 unspecified atom stereocenters. The molecule has 0 bridgehead atoms. The van der Waals surface area contributed by atoms with Crippen molar-refractivity contribution in [3.63, 3.8) is 0 Å². The number of alkyl halides is 1. The van der Waals surface area contributed by atoms with Crippen LogP contribution in [0.2, 0.25) is 0 Å². The average molecular weight is 252 g/mol. The van der Waals surface area contributed by atoms with Crippen LogP contribution in [0.3, 0.4) is 0 Å². The number of hydroxylamine groups is 2. The van der Waals surface area contributed by atoms with E-state index in [1.807, 2.05) is 30.3 Å². The highest BCUT2D eigenvalue weighted by atomic mass is 19.1. The third kappa shape index (κ3) is 2.00. The van der Waals surface area contributed by atoms with Gasteiger partial charge in [-0.25, -0.2) is 4.39 Å². The van der Waals surface area contributed by atoms with Gasteiger partial charge in [-0.15, -0.1) is 0 Å². The molecule has 1 fully saturated rings. The van der Waals surface area contributed by atoms with Crippen molar-refractivity contribution in [2.45, 2.75) is 18.1 Å². The molecule has 0 aromatic heterocycles. The Morgan fingerprint density at radius 1 is 1.44 bits per heavy atom. The molecule has 1 N–H and O–H groups in total. The normalized spacial score (nSPS) is 30.3. The molecule has 1 aliphatic rings. The third-order valence-electron chi connectivity index (χ3n) is 3.68. The van der Waals surface area contributed by atoms with Crippen molar-refractivity contribution >= 4 is 5.91 Å². The summed E-state index contributed by atoms with van der Waals surface area (Å²) in [5.74, 6) is -0.539. The van der Waals surface area contributed by atoms with Crippen LogP contribution in [0.4, 0.5) is 4.39 Å². The second-order valence-corrected chi connectivity index (χ2v) is 4.87. The summed E-state index contributed by atoms with van der Waals surface area (Å²) in [6.45, 7) is 0.242. The highest BCUT2D eigenvalue weighted by molar-refractivity contribution is 5.81. The quantitative estimate of drug-likeness (QED) is 0.759. The Hall–Kier alpha value is -1.46. The second kappa shape index (κ2) is 4.66. The fraction of sp³-hybridized carbons (Fsp3) is 0.462. The van der Waals surface area contributed by atoms with Crippen LogP contribution in [0, 0.1) is 5.21 Å². The standard InChI is InChI=1S/C13H17FN2O2/c1-15-9-13(16(2)18,8-11(14)12(15)17)10-6-4-3-5-7-10/h3-7,11,16H,8-9H2,1-2H3. The van der Waals surface area contributed by atoms with E-state index in [1.165, 1.54) is 19.0 Å². The number of piperidine rings is 1. The smallest absolute Gasteiger partial charge is 0.257 e. The van der Waals surface area contributed by atoms with Gasteiger partial charge < -0.3 is 15.2 Å². The Labute approximate surface area is 106 Å². The number of carbonyl (C=O) groups is 1. The minimum atomic E-state index is -1.60. The van der Waals surface area contributed by atoms with Crippen LogP contribution in [0.1, 0.15) is 12.0 Å². The lowest BCUT2D eigenvalue weighted by Crippen LogP contribution is -3.13. The zero-order valence-corrected chi connectivity index (χ0v) is 10.5. The minimum absolute atomic E-state index is 0.0600. The minimum Gasteiger partial charge on any atom is -0.634 e. The third-order valence-corrected chi connectivity index (χ3v) is 3.68. The largest absolute Gasteiger partial charge is 0.634 e. The Bertz CT molecular complexity index is 422. The Balaban J connectivity index is 2.43. The fourth-order valence-corrected chi connectivity index (χ4v) is 2.60. The number of hydrogen-bond donors (Lipinski definition) is 1. The van der Waals surface area contributed by atoms with E-state index in [-0.39, 0.29) is 18.0 Å². The molecule has 1 heterocycles. The number of amides is 1. The molecule has 3 atom stereocenters. The van der Waals surface area contributed by atoms with Crippen molar-refractivity contribution in [3.8, 4) is 0 Å². The van der Waals surface area contributed by atoms with E-state index >= 15 is 0 Å². The number of nitrogens with one attached hydrogen (secondary N) is 1. The summed E-state index contributed by atoms with van der Waals surface area (Å²) >= 11 is 0. The molecular weight excluding hydrogens is 235 g/mol. The molecule has 5 heteroatoms. The molecule has 0 aliphatic carbocycles. The van der Waals surface area contributed by atoms with E-state index in [4.69, 9.17) is 0 Å². The predicted molar refractivity (Wildman–Crippen MR) is 65.5 cm³/mol. The van der Waals surface area contributed by atoms with E-state index in [9.17, 15) is 14.4 Å². The predicted octanol–water partition coefficient (Wildman–Crippen LogP) is 0.0946. The van der Waals surface area contributed by atoms with Crippen LogP contribution in [0.5, 0.6) is 0 Å². The summed E-state index contributed by atoms with van der Waals surface area (Å²) in [6.07, 6.45) is -1.66. The Morgan fingerprint density at radius 3 is 2.56 bits per heavy atom. The van der Waals surface area contributed by atoms with Gasteiger partial charge in [0, 0.05) is 19.0 Å². The van der Waals surface area contributed by atoms with Crippen LogP contribution < -0.4 is 5.06 Å². The SMILES string of the molecule is CN1CC(c2ccccc2)([NH+](C)[O-])CC(F)C1=O. The summed E-state index contributed by atoms with van der Waals surface area (Å²) in [5, 5.41) is 11.9. The summed E-state index contributed by atoms with van der Waals surface area (Å²) < 4.78 is 13.8. The summed E-state index contributed by atoms with van der Waals surface area (Å²) in [4.78, 5) is 12.8. The number of hydrogen-bond acceptors (Lipinski definition) is 2.